The molecule has 11 heavy (non-hydrogen) atoms. The predicted octanol–water partition coefficient (Wildman–Crippen LogP) is 1.69. The Bertz CT molecular complexity index is 110. The lowest BCUT2D eigenvalue weighted by atomic mass is 10.5. The maximum absolute atomic E-state index is 10.9. The number of halogens is 3. The van der Waals surface area contributed by atoms with Crippen molar-refractivity contribution in [3.05, 3.63) is 0 Å². The Balaban J connectivity index is 0. The highest BCUT2D eigenvalue weighted by molar-refractivity contribution is 8.10. The molecule has 0 aliphatic heterocycles. The van der Waals surface area contributed by atoms with Crippen LogP contribution in [0, 0.1) is 0 Å². The molecule has 0 heterocycles. The summed E-state index contributed by atoms with van der Waals surface area (Å²) in [5.41, 5.74) is 0. The monoisotopic (exact) mass is 208 g/mol. The van der Waals surface area contributed by atoms with Gasteiger partial charge in [-0.15, -0.1) is 0 Å². The van der Waals surface area contributed by atoms with Crippen molar-refractivity contribution in [2.24, 2.45) is 0 Å². The van der Waals surface area contributed by atoms with Gasteiger partial charge < -0.3 is 10.2 Å². The van der Waals surface area contributed by atoms with E-state index in [0.717, 1.165) is 0 Å². The van der Waals surface area contributed by atoms with Crippen LogP contribution in [-0.2, 0) is 0 Å². The molecule has 68 valence electrons. The van der Waals surface area contributed by atoms with Crippen LogP contribution >= 0.6 is 24.8 Å². The fraction of sp³-hybridized carbons (Fsp3) is 0.750. The largest absolute Gasteiger partial charge is 0.494 e. The van der Waals surface area contributed by atoms with Crippen LogP contribution < -0.4 is 0 Å². The van der Waals surface area contributed by atoms with Crippen LogP contribution in [0.5, 0.6) is 0 Å². The van der Waals surface area contributed by atoms with Crippen LogP contribution in [0.3, 0.4) is 0 Å². The number of aliphatic hydroxyl groups excluding tert-OH is 2. The van der Waals surface area contributed by atoms with Gasteiger partial charge in [-0.1, -0.05) is 12.6 Å². The zero-order chi connectivity index (χ0) is 9.49. The number of hydrogen-bond acceptors (Lipinski definition) is 2. The lowest BCUT2D eigenvalue weighted by molar-refractivity contribution is -0.141. The molecule has 0 spiro atoms. The first-order chi connectivity index (χ1) is 4.79. The SMILES string of the molecule is OC(=S)S.OCCC(F)(F)F. The molecule has 2 nitrogen and oxygen atoms in total. The van der Waals surface area contributed by atoms with E-state index in [-0.39, 0.29) is 4.38 Å². The summed E-state index contributed by atoms with van der Waals surface area (Å²) in [7, 11) is 0. The summed E-state index contributed by atoms with van der Waals surface area (Å²) in [4.78, 5) is 0. The predicted molar refractivity (Wildman–Crippen MR) is 42.0 cm³/mol. The zero-order valence-corrected chi connectivity index (χ0v) is 7.01. The molecule has 0 aromatic heterocycles. The highest BCUT2D eigenvalue weighted by Gasteiger charge is 2.25. The Morgan fingerprint density at radius 2 is 1.73 bits per heavy atom. The van der Waals surface area contributed by atoms with Gasteiger partial charge in [0.05, 0.1) is 13.0 Å². The summed E-state index contributed by atoms with van der Waals surface area (Å²) in [6.07, 6.45) is -5.30. The molecule has 0 saturated heterocycles. The number of aliphatic hydroxyl groups is 2. The highest BCUT2D eigenvalue weighted by Crippen LogP contribution is 2.17. The first kappa shape index (κ1) is 13.6. The Kier molecular flexibility index (Phi) is 8.25. The third kappa shape index (κ3) is 40.1. The summed E-state index contributed by atoms with van der Waals surface area (Å²) in [5.74, 6) is 0. The van der Waals surface area contributed by atoms with Crippen molar-refractivity contribution in [2.45, 2.75) is 12.6 Å². The van der Waals surface area contributed by atoms with Gasteiger partial charge >= 0.3 is 6.18 Å². The minimum atomic E-state index is -4.20. The second-order valence-electron chi connectivity index (χ2n) is 1.37. The second-order valence-corrected chi connectivity index (χ2v) is 2.48. The van der Waals surface area contributed by atoms with Gasteiger partial charge in [0.25, 0.3) is 0 Å². The first-order valence-corrected chi connectivity index (χ1v) is 3.24. The van der Waals surface area contributed by atoms with E-state index >= 15 is 0 Å². The highest BCUT2D eigenvalue weighted by atomic mass is 32.1. The van der Waals surface area contributed by atoms with Crippen molar-refractivity contribution in [3.63, 3.8) is 0 Å². The molecule has 0 aliphatic rings. The van der Waals surface area contributed by atoms with Crippen molar-refractivity contribution >= 4 is 29.2 Å². The number of rotatable bonds is 1. The fourth-order valence-corrected chi connectivity index (χ4v) is 0.127. The average Bonchev–Trinajstić information content (AvgIpc) is 1.58. The Labute approximate surface area is 72.4 Å². The fourth-order valence-electron chi connectivity index (χ4n) is 0.127. The number of alkyl halides is 3. The molecule has 0 aromatic rings. The van der Waals surface area contributed by atoms with E-state index in [0.29, 0.717) is 0 Å². The lowest BCUT2D eigenvalue weighted by Gasteiger charge is -1.99. The molecule has 0 fully saturated rings. The molecule has 0 radical (unpaired) electrons. The molecular formula is C4H7F3O2S2. The Morgan fingerprint density at radius 1 is 1.45 bits per heavy atom. The quantitative estimate of drug-likeness (QED) is 0.453. The van der Waals surface area contributed by atoms with Gasteiger partial charge in [-0.05, 0) is 12.2 Å². The van der Waals surface area contributed by atoms with Crippen LogP contribution in [0.25, 0.3) is 0 Å². The van der Waals surface area contributed by atoms with Crippen molar-refractivity contribution in [1.29, 1.82) is 0 Å². The van der Waals surface area contributed by atoms with Gasteiger partial charge in [-0.2, -0.15) is 13.2 Å². The standard InChI is InChI=1S/C3H5F3O.CH2OS2/c4-3(5,6)1-2-7;2-1(3)4/h7H,1-2H2;(H2,2,3,4). The minimum absolute atomic E-state index is 0.306. The molecule has 0 aromatic carbocycles. The Morgan fingerprint density at radius 3 is 1.73 bits per heavy atom. The smallest absolute Gasteiger partial charge is 0.391 e. The Hall–Kier alpha value is -0.0100. The maximum atomic E-state index is 10.9. The third-order valence-electron chi connectivity index (χ3n) is 0.395. The third-order valence-corrected chi connectivity index (χ3v) is 0.395. The average molecular weight is 208 g/mol. The second kappa shape index (κ2) is 6.68. The molecule has 0 rings (SSSR count). The number of thiocarbonyl (C=S) groups is 1. The van der Waals surface area contributed by atoms with E-state index in [2.05, 4.69) is 24.8 Å². The van der Waals surface area contributed by atoms with E-state index in [1.54, 1.807) is 0 Å². The van der Waals surface area contributed by atoms with Crippen LogP contribution in [0.2, 0.25) is 0 Å². The van der Waals surface area contributed by atoms with E-state index in [1.165, 1.54) is 0 Å². The molecular weight excluding hydrogens is 201 g/mol. The van der Waals surface area contributed by atoms with Gasteiger partial charge in [0, 0.05) is 0 Å². The molecule has 2 N–H and O–H groups in total. The van der Waals surface area contributed by atoms with Crippen LogP contribution in [0.15, 0.2) is 0 Å². The van der Waals surface area contributed by atoms with Gasteiger partial charge in [0.1, 0.15) is 0 Å². The van der Waals surface area contributed by atoms with Gasteiger partial charge in [-0.3, -0.25) is 0 Å². The van der Waals surface area contributed by atoms with Crippen molar-refractivity contribution in [3.8, 4) is 0 Å². The zero-order valence-electron chi connectivity index (χ0n) is 5.30. The van der Waals surface area contributed by atoms with E-state index in [1.807, 2.05) is 0 Å². The molecule has 0 atom stereocenters. The minimum Gasteiger partial charge on any atom is -0.494 e. The summed E-state index contributed by atoms with van der Waals surface area (Å²) in [5, 5.41) is 15.3. The van der Waals surface area contributed by atoms with Crippen LogP contribution in [0.1, 0.15) is 6.42 Å². The summed E-state index contributed by atoms with van der Waals surface area (Å²) >= 11 is 7.21. The lowest BCUT2D eigenvalue weighted by Crippen LogP contribution is -2.08. The topological polar surface area (TPSA) is 40.5 Å². The van der Waals surface area contributed by atoms with Crippen molar-refractivity contribution in [1.82, 2.24) is 0 Å². The van der Waals surface area contributed by atoms with E-state index in [4.69, 9.17) is 10.2 Å². The molecule has 0 amide bonds. The van der Waals surface area contributed by atoms with E-state index < -0.39 is 19.2 Å². The summed E-state index contributed by atoms with van der Waals surface area (Å²) < 4.78 is 32.4. The van der Waals surface area contributed by atoms with Crippen molar-refractivity contribution < 1.29 is 23.4 Å². The van der Waals surface area contributed by atoms with Crippen molar-refractivity contribution in [2.75, 3.05) is 6.61 Å². The van der Waals surface area contributed by atoms with Gasteiger partial charge in [0.2, 0.25) is 4.38 Å². The van der Waals surface area contributed by atoms with E-state index in [9.17, 15) is 13.2 Å². The summed E-state index contributed by atoms with van der Waals surface area (Å²) in [6.45, 7) is -0.816. The van der Waals surface area contributed by atoms with Gasteiger partial charge in [0.15, 0.2) is 0 Å². The summed E-state index contributed by atoms with van der Waals surface area (Å²) in [6, 6.07) is 0. The maximum Gasteiger partial charge on any atom is 0.391 e. The number of thiol groups is 1. The number of hydrogen-bond donors (Lipinski definition) is 3. The van der Waals surface area contributed by atoms with Gasteiger partial charge in [-0.25, -0.2) is 0 Å². The first-order valence-electron chi connectivity index (χ1n) is 2.39. The molecule has 0 bridgehead atoms. The normalized spacial score (nSPS) is 9.91. The van der Waals surface area contributed by atoms with Crippen LogP contribution in [0.4, 0.5) is 13.2 Å². The molecule has 0 aliphatic carbocycles. The molecule has 7 heteroatoms. The molecule has 0 unspecified atom stereocenters. The molecule has 0 saturated carbocycles. The van der Waals surface area contributed by atoms with Crippen LogP contribution in [-0.4, -0.2) is 27.4 Å².